The first kappa shape index (κ1) is 38.4. The van der Waals surface area contributed by atoms with Gasteiger partial charge in [0.15, 0.2) is 0 Å². The van der Waals surface area contributed by atoms with E-state index in [1.54, 1.807) is 18.7 Å². The fraction of sp³-hybridized carbons (Fsp3) is 0.485. The van der Waals surface area contributed by atoms with Crippen molar-refractivity contribution in [2.24, 2.45) is 23.5 Å². The Bertz CT molecular complexity index is 1700. The number of carbonyl (C=O) groups excluding carboxylic acids is 2. The number of primary amides is 1. The zero-order valence-electron chi connectivity index (χ0n) is 27.6. The van der Waals surface area contributed by atoms with Gasteiger partial charge in [0.05, 0.1) is 33.4 Å². The maximum absolute atomic E-state index is 14.2. The van der Waals surface area contributed by atoms with Gasteiger partial charge in [-0.1, -0.05) is 92.8 Å². The molecule has 2 aromatic carbocycles. The van der Waals surface area contributed by atoms with Crippen LogP contribution in [0.3, 0.4) is 0 Å². The molecule has 1 aliphatic heterocycles. The standard InChI is InChI=1S/C33H42Cl3N5O5S2/c1-20(2)16-40(48(45,46)30-27(35)14-24(34)15-28(30)36)18-29(42)26(13-23-9-7-6-8-10-23)33(21(3)4,31(37)43)41-12-11-39(32(41)44)17-25-19-47-22(5)38-25/h6-10,14-15,19-21,26,29,42H,11-13,16-18H2,1-5H3,(H2,37,43)/t26-,29+,33?/m1/s1. The number of aryl methyl sites for hydroxylation is 1. The number of hydrogen-bond donors (Lipinski definition) is 2. The largest absolute Gasteiger partial charge is 0.391 e. The molecule has 1 aliphatic rings. The number of nitrogens with zero attached hydrogens (tertiary/aromatic N) is 4. The number of rotatable bonds is 15. The van der Waals surface area contributed by atoms with Gasteiger partial charge in [-0.05, 0) is 42.9 Å². The predicted octanol–water partition coefficient (Wildman–Crippen LogP) is 6.10. The SMILES string of the molecule is Cc1nc(CN2CCN(C(C(N)=O)(C(C)C)[C@H](Cc3ccccc3)[C@@H](O)CN(CC(C)C)S(=O)(=O)c3c(Cl)cc(Cl)cc3Cl)C2=O)cs1. The molecule has 3 N–H and O–H groups in total. The van der Waals surface area contributed by atoms with Crippen LogP contribution in [-0.4, -0.2) is 82.4 Å². The second-order valence-electron chi connectivity index (χ2n) is 12.8. The number of halogens is 3. The summed E-state index contributed by atoms with van der Waals surface area (Å²) in [5.41, 5.74) is 6.10. The Morgan fingerprint density at radius 1 is 1.08 bits per heavy atom. The van der Waals surface area contributed by atoms with Crippen LogP contribution in [0.2, 0.25) is 15.1 Å². The van der Waals surface area contributed by atoms with Gasteiger partial charge in [-0.2, -0.15) is 4.31 Å². The minimum atomic E-state index is -4.39. The molecule has 0 bridgehead atoms. The minimum Gasteiger partial charge on any atom is -0.391 e. The van der Waals surface area contributed by atoms with Gasteiger partial charge in [0.2, 0.25) is 15.9 Å². The van der Waals surface area contributed by atoms with E-state index >= 15 is 0 Å². The average molecular weight is 759 g/mol. The van der Waals surface area contributed by atoms with Gasteiger partial charge in [-0.3, -0.25) is 4.79 Å². The molecule has 0 spiro atoms. The van der Waals surface area contributed by atoms with E-state index < -0.39 is 52.0 Å². The lowest BCUT2D eigenvalue weighted by atomic mass is 9.68. The number of aliphatic hydroxyl groups excluding tert-OH is 1. The summed E-state index contributed by atoms with van der Waals surface area (Å²) in [4.78, 5) is 35.3. The van der Waals surface area contributed by atoms with Crippen molar-refractivity contribution in [2.45, 2.75) is 64.1 Å². The van der Waals surface area contributed by atoms with Gasteiger partial charge in [-0.25, -0.2) is 18.2 Å². The second kappa shape index (κ2) is 15.6. The smallest absolute Gasteiger partial charge is 0.321 e. The predicted molar refractivity (Wildman–Crippen MR) is 191 cm³/mol. The van der Waals surface area contributed by atoms with E-state index in [2.05, 4.69) is 4.98 Å². The molecule has 15 heteroatoms. The lowest BCUT2D eigenvalue weighted by Gasteiger charge is -2.49. The summed E-state index contributed by atoms with van der Waals surface area (Å²) in [5.74, 6) is -2.55. The fourth-order valence-electron chi connectivity index (χ4n) is 6.66. The van der Waals surface area contributed by atoms with Crippen LogP contribution in [0.25, 0.3) is 0 Å². The number of urea groups is 1. The Morgan fingerprint density at radius 2 is 1.71 bits per heavy atom. The molecule has 0 aliphatic carbocycles. The van der Waals surface area contributed by atoms with Gasteiger partial charge < -0.3 is 20.6 Å². The normalized spacial score (nSPS) is 16.6. The zero-order chi connectivity index (χ0) is 35.6. The summed E-state index contributed by atoms with van der Waals surface area (Å²) in [6, 6.07) is 11.4. The Morgan fingerprint density at radius 3 is 2.23 bits per heavy atom. The van der Waals surface area contributed by atoms with Crippen molar-refractivity contribution in [2.75, 3.05) is 26.2 Å². The first-order valence-corrected chi connectivity index (χ1v) is 19.1. The van der Waals surface area contributed by atoms with Crippen LogP contribution in [-0.2, 0) is 27.8 Å². The molecule has 262 valence electrons. The molecular formula is C33H42Cl3N5O5S2. The van der Waals surface area contributed by atoms with Crippen LogP contribution in [0.4, 0.5) is 4.79 Å². The van der Waals surface area contributed by atoms with Gasteiger partial charge in [0, 0.05) is 42.5 Å². The van der Waals surface area contributed by atoms with Gasteiger partial charge in [0.1, 0.15) is 10.4 Å². The molecule has 2 heterocycles. The number of benzene rings is 2. The first-order chi connectivity index (χ1) is 22.5. The summed E-state index contributed by atoms with van der Waals surface area (Å²) in [5, 5.41) is 14.9. The first-order valence-electron chi connectivity index (χ1n) is 15.6. The van der Waals surface area contributed by atoms with E-state index in [4.69, 9.17) is 40.5 Å². The summed E-state index contributed by atoms with van der Waals surface area (Å²) in [6.07, 6.45) is -1.35. The van der Waals surface area contributed by atoms with Crippen molar-refractivity contribution in [1.82, 2.24) is 19.1 Å². The van der Waals surface area contributed by atoms with Crippen molar-refractivity contribution in [3.63, 3.8) is 0 Å². The molecule has 4 rings (SSSR count). The molecule has 0 radical (unpaired) electrons. The highest BCUT2D eigenvalue weighted by atomic mass is 35.5. The van der Waals surface area contributed by atoms with E-state index in [1.165, 1.54) is 28.4 Å². The van der Waals surface area contributed by atoms with E-state index in [0.29, 0.717) is 6.54 Å². The summed E-state index contributed by atoms with van der Waals surface area (Å²) in [7, 11) is -4.39. The third kappa shape index (κ3) is 7.96. The van der Waals surface area contributed by atoms with E-state index in [9.17, 15) is 23.1 Å². The Balaban J connectivity index is 1.81. The number of thiazole rings is 1. The highest BCUT2D eigenvalue weighted by Gasteiger charge is 2.58. The van der Waals surface area contributed by atoms with Crippen molar-refractivity contribution in [3.8, 4) is 0 Å². The monoisotopic (exact) mass is 757 g/mol. The van der Waals surface area contributed by atoms with Crippen LogP contribution < -0.4 is 5.73 Å². The van der Waals surface area contributed by atoms with Gasteiger partial charge in [0.25, 0.3) is 0 Å². The lowest BCUT2D eigenvalue weighted by molar-refractivity contribution is -0.140. The van der Waals surface area contributed by atoms with Crippen LogP contribution in [0.5, 0.6) is 0 Å². The number of sulfonamides is 1. The van der Waals surface area contributed by atoms with Crippen molar-refractivity contribution < 1.29 is 23.1 Å². The number of hydrogen-bond acceptors (Lipinski definition) is 7. The van der Waals surface area contributed by atoms with Crippen molar-refractivity contribution in [3.05, 3.63) is 79.2 Å². The summed E-state index contributed by atoms with van der Waals surface area (Å²) >= 11 is 20.3. The van der Waals surface area contributed by atoms with E-state index in [1.807, 2.05) is 56.5 Å². The molecule has 3 atom stereocenters. The molecule has 0 saturated carbocycles. The molecule has 1 unspecified atom stereocenters. The van der Waals surface area contributed by atoms with Crippen LogP contribution in [0.1, 0.15) is 44.0 Å². The number of aliphatic hydroxyl groups is 1. The highest BCUT2D eigenvalue weighted by Crippen LogP contribution is 2.41. The molecule has 1 saturated heterocycles. The molecule has 10 nitrogen and oxygen atoms in total. The Labute approximate surface area is 301 Å². The van der Waals surface area contributed by atoms with Crippen molar-refractivity contribution in [1.29, 1.82) is 0 Å². The third-order valence-corrected chi connectivity index (χ3v) is 12.5. The molecule has 3 aromatic rings. The molecule has 1 aromatic heterocycles. The maximum Gasteiger partial charge on any atom is 0.321 e. The van der Waals surface area contributed by atoms with E-state index in [0.717, 1.165) is 20.6 Å². The number of carbonyl (C=O) groups is 2. The maximum atomic E-state index is 14.2. The zero-order valence-corrected chi connectivity index (χ0v) is 31.5. The topological polar surface area (TPSA) is 137 Å². The highest BCUT2D eigenvalue weighted by molar-refractivity contribution is 7.89. The number of nitrogens with two attached hydrogens (primary N) is 1. The minimum absolute atomic E-state index is 0.00145. The number of amides is 3. The molecular weight excluding hydrogens is 717 g/mol. The van der Waals surface area contributed by atoms with Crippen LogP contribution in [0, 0.1) is 24.7 Å². The molecule has 48 heavy (non-hydrogen) atoms. The van der Waals surface area contributed by atoms with Crippen LogP contribution >= 0.6 is 46.1 Å². The Hall–Kier alpha value is -2.45. The summed E-state index contributed by atoms with van der Waals surface area (Å²) < 4.78 is 29.6. The Kier molecular flexibility index (Phi) is 12.5. The van der Waals surface area contributed by atoms with Gasteiger partial charge in [-0.15, -0.1) is 11.3 Å². The molecule has 3 amide bonds. The summed E-state index contributed by atoms with van der Waals surface area (Å²) in [6.45, 7) is 9.43. The fourth-order valence-corrected chi connectivity index (χ4v) is 10.4. The molecule has 1 fully saturated rings. The lowest BCUT2D eigenvalue weighted by Crippen LogP contribution is -2.69. The van der Waals surface area contributed by atoms with Gasteiger partial charge >= 0.3 is 6.03 Å². The number of aromatic nitrogens is 1. The quantitative estimate of drug-likeness (QED) is 0.192. The second-order valence-corrected chi connectivity index (χ2v) is 17.0. The third-order valence-electron chi connectivity index (χ3n) is 8.68. The van der Waals surface area contributed by atoms with Crippen LogP contribution in [0.15, 0.2) is 52.7 Å². The average Bonchev–Trinajstić information content (AvgIpc) is 3.56. The van der Waals surface area contributed by atoms with Crippen molar-refractivity contribution >= 4 is 68.1 Å². The van der Waals surface area contributed by atoms with E-state index in [-0.39, 0.29) is 51.9 Å².